The van der Waals surface area contributed by atoms with Crippen LogP contribution in [0.4, 0.5) is 11.4 Å². The molecule has 4 N–H and O–H groups in total. The minimum absolute atomic E-state index is 0.134. The van der Waals surface area contributed by atoms with Crippen molar-refractivity contribution in [2.24, 2.45) is 0 Å². The molecule has 0 aliphatic rings. The van der Waals surface area contributed by atoms with E-state index in [0.717, 1.165) is 5.69 Å². The van der Waals surface area contributed by atoms with Crippen molar-refractivity contribution in [2.75, 3.05) is 23.8 Å². The molecule has 1 aromatic heterocycles. The number of benzene rings is 1. The van der Waals surface area contributed by atoms with Crippen molar-refractivity contribution < 1.29 is 5.11 Å². The third kappa shape index (κ3) is 2.75. The highest BCUT2D eigenvalue weighted by molar-refractivity contribution is 5.88. The molecular formula is C14H20N4O2. The highest BCUT2D eigenvalue weighted by atomic mass is 16.3. The zero-order valence-corrected chi connectivity index (χ0v) is 11.8. The van der Waals surface area contributed by atoms with Crippen molar-refractivity contribution in [1.29, 1.82) is 0 Å². The first-order valence-corrected chi connectivity index (χ1v) is 6.69. The van der Waals surface area contributed by atoms with Crippen LogP contribution in [-0.4, -0.2) is 34.3 Å². The average molecular weight is 276 g/mol. The number of aliphatic hydroxyl groups is 1. The molecule has 20 heavy (non-hydrogen) atoms. The second-order valence-electron chi connectivity index (χ2n) is 5.02. The molecule has 0 aliphatic heterocycles. The first-order chi connectivity index (χ1) is 9.54. The van der Waals surface area contributed by atoms with Crippen molar-refractivity contribution in [2.45, 2.75) is 26.3 Å². The summed E-state index contributed by atoms with van der Waals surface area (Å²) in [5.74, 6) is 0. The Morgan fingerprint density at radius 3 is 2.85 bits per heavy atom. The second-order valence-corrected chi connectivity index (χ2v) is 5.02. The predicted octanol–water partition coefficient (Wildman–Crippen LogP) is 1.10. The van der Waals surface area contributed by atoms with E-state index in [1.54, 1.807) is 6.07 Å². The lowest BCUT2D eigenvalue weighted by Crippen LogP contribution is -2.33. The third-order valence-electron chi connectivity index (χ3n) is 3.28. The Hall–Kier alpha value is -2.08. The van der Waals surface area contributed by atoms with Crippen LogP contribution in [0.1, 0.15) is 20.3 Å². The standard InChI is InChI=1S/C14H20N4O2/c1-9(2)18(4-3-5-19)13-7-12-10(6-11(13)15)14(20)17-8-16-12/h6-9,19H,3-5,15H2,1-2H3,(H,16,17,20). The molecule has 0 fully saturated rings. The quantitative estimate of drug-likeness (QED) is 0.711. The van der Waals surface area contributed by atoms with E-state index >= 15 is 0 Å². The minimum atomic E-state index is -0.195. The molecule has 0 aliphatic carbocycles. The molecule has 6 nitrogen and oxygen atoms in total. The molecular weight excluding hydrogens is 256 g/mol. The molecule has 108 valence electrons. The van der Waals surface area contributed by atoms with Crippen LogP contribution in [0.2, 0.25) is 0 Å². The van der Waals surface area contributed by atoms with Gasteiger partial charge in [0.15, 0.2) is 0 Å². The van der Waals surface area contributed by atoms with Crippen LogP contribution < -0.4 is 16.2 Å². The van der Waals surface area contributed by atoms with Crippen LogP contribution in [0.5, 0.6) is 0 Å². The zero-order chi connectivity index (χ0) is 14.7. The largest absolute Gasteiger partial charge is 0.397 e. The van der Waals surface area contributed by atoms with E-state index in [-0.39, 0.29) is 18.2 Å². The van der Waals surface area contributed by atoms with Gasteiger partial charge in [-0.15, -0.1) is 0 Å². The Morgan fingerprint density at radius 1 is 1.45 bits per heavy atom. The fraction of sp³-hybridized carbons (Fsp3) is 0.429. The summed E-state index contributed by atoms with van der Waals surface area (Å²) in [6.07, 6.45) is 2.05. The lowest BCUT2D eigenvalue weighted by molar-refractivity contribution is 0.288. The van der Waals surface area contributed by atoms with E-state index < -0.39 is 0 Å². The SMILES string of the molecule is CC(C)N(CCCO)c1cc2nc[nH]c(=O)c2cc1N. The normalized spacial score (nSPS) is 11.2. The summed E-state index contributed by atoms with van der Waals surface area (Å²) in [5.41, 5.74) is 7.90. The van der Waals surface area contributed by atoms with E-state index in [4.69, 9.17) is 10.8 Å². The minimum Gasteiger partial charge on any atom is -0.397 e. The number of aromatic amines is 1. The van der Waals surface area contributed by atoms with Gasteiger partial charge in [0.2, 0.25) is 0 Å². The van der Waals surface area contributed by atoms with Crippen LogP contribution in [0.25, 0.3) is 10.9 Å². The molecule has 0 saturated heterocycles. The Labute approximate surface area is 117 Å². The number of aliphatic hydroxyl groups excluding tert-OH is 1. The zero-order valence-electron chi connectivity index (χ0n) is 11.8. The average Bonchev–Trinajstić information content (AvgIpc) is 2.40. The maximum atomic E-state index is 11.7. The topological polar surface area (TPSA) is 95.2 Å². The summed E-state index contributed by atoms with van der Waals surface area (Å²) >= 11 is 0. The number of nitrogens with two attached hydrogens (primary N) is 1. The van der Waals surface area contributed by atoms with Crippen LogP contribution in [0.15, 0.2) is 23.3 Å². The van der Waals surface area contributed by atoms with Gasteiger partial charge in [0.1, 0.15) is 0 Å². The molecule has 0 unspecified atom stereocenters. The van der Waals surface area contributed by atoms with Crippen molar-refractivity contribution in [3.05, 3.63) is 28.8 Å². The van der Waals surface area contributed by atoms with Gasteiger partial charge in [0, 0.05) is 19.2 Å². The summed E-state index contributed by atoms with van der Waals surface area (Å²) in [7, 11) is 0. The van der Waals surface area contributed by atoms with Gasteiger partial charge in [-0.2, -0.15) is 0 Å². The van der Waals surface area contributed by atoms with E-state index in [9.17, 15) is 4.79 Å². The third-order valence-corrected chi connectivity index (χ3v) is 3.28. The number of aromatic nitrogens is 2. The Balaban J connectivity index is 2.52. The number of nitrogens with zero attached hydrogens (tertiary/aromatic N) is 2. The van der Waals surface area contributed by atoms with Gasteiger partial charge in [0.25, 0.3) is 5.56 Å². The summed E-state index contributed by atoms with van der Waals surface area (Å²) in [6, 6.07) is 3.73. The van der Waals surface area contributed by atoms with Crippen molar-refractivity contribution in [3.8, 4) is 0 Å². The lowest BCUT2D eigenvalue weighted by Gasteiger charge is -2.30. The number of nitrogens with one attached hydrogen (secondary N) is 1. The van der Waals surface area contributed by atoms with Gasteiger partial charge in [-0.25, -0.2) is 4.98 Å². The molecule has 0 radical (unpaired) electrons. The van der Waals surface area contributed by atoms with E-state index in [1.165, 1.54) is 6.33 Å². The number of nitrogen functional groups attached to an aromatic ring is 1. The Bertz CT molecular complexity index is 651. The van der Waals surface area contributed by atoms with Gasteiger partial charge in [-0.05, 0) is 32.4 Å². The van der Waals surface area contributed by atoms with E-state index in [0.29, 0.717) is 29.6 Å². The molecule has 0 amide bonds. The monoisotopic (exact) mass is 276 g/mol. The Morgan fingerprint density at radius 2 is 2.20 bits per heavy atom. The van der Waals surface area contributed by atoms with E-state index in [2.05, 4.69) is 28.7 Å². The Kier molecular flexibility index (Phi) is 4.24. The maximum Gasteiger partial charge on any atom is 0.258 e. The van der Waals surface area contributed by atoms with Crippen LogP contribution in [-0.2, 0) is 0 Å². The fourth-order valence-corrected chi connectivity index (χ4v) is 2.27. The molecule has 0 spiro atoms. The van der Waals surface area contributed by atoms with Crippen LogP contribution in [0, 0.1) is 0 Å². The van der Waals surface area contributed by atoms with Crippen LogP contribution >= 0.6 is 0 Å². The lowest BCUT2D eigenvalue weighted by atomic mass is 10.1. The van der Waals surface area contributed by atoms with Crippen LogP contribution in [0.3, 0.4) is 0 Å². The van der Waals surface area contributed by atoms with Gasteiger partial charge in [-0.3, -0.25) is 4.79 Å². The molecule has 1 aromatic carbocycles. The number of hydrogen-bond donors (Lipinski definition) is 3. The van der Waals surface area contributed by atoms with Gasteiger partial charge in [-0.1, -0.05) is 0 Å². The number of hydrogen-bond acceptors (Lipinski definition) is 5. The van der Waals surface area contributed by atoms with Crippen molar-refractivity contribution in [1.82, 2.24) is 9.97 Å². The molecule has 2 rings (SSSR count). The summed E-state index contributed by atoms with van der Waals surface area (Å²) in [4.78, 5) is 20.5. The molecule has 0 saturated carbocycles. The smallest absolute Gasteiger partial charge is 0.258 e. The maximum absolute atomic E-state index is 11.7. The second kappa shape index (κ2) is 5.92. The first-order valence-electron chi connectivity index (χ1n) is 6.69. The van der Waals surface area contributed by atoms with Crippen molar-refractivity contribution in [3.63, 3.8) is 0 Å². The summed E-state index contributed by atoms with van der Waals surface area (Å²) in [5, 5.41) is 9.49. The number of anilines is 2. The summed E-state index contributed by atoms with van der Waals surface area (Å²) in [6.45, 7) is 4.96. The molecule has 1 heterocycles. The van der Waals surface area contributed by atoms with Gasteiger partial charge >= 0.3 is 0 Å². The van der Waals surface area contributed by atoms with Gasteiger partial charge < -0.3 is 20.7 Å². The highest BCUT2D eigenvalue weighted by Gasteiger charge is 2.15. The predicted molar refractivity (Wildman–Crippen MR) is 81.0 cm³/mol. The van der Waals surface area contributed by atoms with Crippen molar-refractivity contribution >= 4 is 22.3 Å². The van der Waals surface area contributed by atoms with E-state index in [1.807, 2.05) is 6.07 Å². The molecule has 6 heteroatoms. The first kappa shape index (κ1) is 14.3. The molecule has 0 bridgehead atoms. The summed E-state index contributed by atoms with van der Waals surface area (Å²) < 4.78 is 0. The molecule has 0 atom stereocenters. The fourth-order valence-electron chi connectivity index (χ4n) is 2.27. The number of fused-ring (bicyclic) bond motifs is 1. The van der Waals surface area contributed by atoms with Gasteiger partial charge in [0.05, 0.1) is 28.6 Å². The molecule has 2 aromatic rings. The number of rotatable bonds is 5. The highest BCUT2D eigenvalue weighted by Crippen LogP contribution is 2.28. The number of H-pyrrole nitrogens is 1.